The third kappa shape index (κ3) is 3.61. The third-order valence-electron chi connectivity index (χ3n) is 3.36. The van der Waals surface area contributed by atoms with Crippen molar-refractivity contribution in [2.75, 3.05) is 11.9 Å². The largest absolute Gasteiger partial charge is 0.350 e. The molecule has 2 aromatic heterocycles. The summed E-state index contributed by atoms with van der Waals surface area (Å²) < 4.78 is 5.28. The number of anilines is 1. The predicted octanol–water partition coefficient (Wildman–Crippen LogP) is 2.79. The van der Waals surface area contributed by atoms with E-state index in [1.807, 2.05) is 31.9 Å². The van der Waals surface area contributed by atoms with Crippen LogP contribution in [0.5, 0.6) is 0 Å². The first-order valence-electron chi connectivity index (χ1n) is 7.31. The fourth-order valence-electron chi connectivity index (χ4n) is 2.26. The molecular weight excluding hydrogens is 278 g/mol. The number of hydrogen-bond donors (Lipinski definition) is 0. The minimum absolute atomic E-state index is 0.489. The van der Waals surface area contributed by atoms with Crippen LogP contribution in [0.1, 0.15) is 42.4 Å². The summed E-state index contributed by atoms with van der Waals surface area (Å²) in [6, 6.07) is 4.08. The van der Waals surface area contributed by atoms with Crippen LogP contribution in [-0.2, 0) is 13.0 Å². The maximum absolute atomic E-state index is 9.10. The standard InChI is InChI=1S/C16H21N5O/c1-10(2)6-14-19-16(22-20-14)9-21(5)15-7-11(3)13(8-17)12(4)18-15/h7,10H,6,9H2,1-5H3. The molecule has 0 atom stereocenters. The second-order valence-corrected chi connectivity index (χ2v) is 5.93. The van der Waals surface area contributed by atoms with Gasteiger partial charge in [0.15, 0.2) is 5.82 Å². The van der Waals surface area contributed by atoms with Crippen molar-refractivity contribution in [3.05, 3.63) is 34.6 Å². The van der Waals surface area contributed by atoms with Crippen LogP contribution in [0.15, 0.2) is 10.6 Å². The van der Waals surface area contributed by atoms with Gasteiger partial charge in [0.2, 0.25) is 5.89 Å². The molecule has 6 heteroatoms. The van der Waals surface area contributed by atoms with E-state index in [0.717, 1.165) is 29.3 Å². The first-order valence-corrected chi connectivity index (χ1v) is 7.31. The Hall–Kier alpha value is -2.42. The van der Waals surface area contributed by atoms with Crippen molar-refractivity contribution in [1.29, 1.82) is 5.26 Å². The first kappa shape index (κ1) is 16.0. The fourth-order valence-corrected chi connectivity index (χ4v) is 2.26. The van der Waals surface area contributed by atoms with Crippen LogP contribution in [0.3, 0.4) is 0 Å². The highest BCUT2D eigenvalue weighted by Gasteiger charge is 2.13. The molecule has 2 aromatic rings. The van der Waals surface area contributed by atoms with Gasteiger partial charge < -0.3 is 9.42 Å². The lowest BCUT2D eigenvalue weighted by molar-refractivity contribution is 0.370. The van der Waals surface area contributed by atoms with Gasteiger partial charge in [-0.05, 0) is 31.4 Å². The number of rotatable bonds is 5. The van der Waals surface area contributed by atoms with Gasteiger partial charge in [0.25, 0.3) is 0 Å². The van der Waals surface area contributed by atoms with Gasteiger partial charge in [0, 0.05) is 13.5 Å². The Morgan fingerprint density at radius 1 is 1.32 bits per heavy atom. The fraction of sp³-hybridized carbons (Fsp3) is 0.500. The SMILES string of the molecule is Cc1cc(N(C)Cc2nc(CC(C)C)no2)nc(C)c1C#N. The zero-order valence-corrected chi connectivity index (χ0v) is 13.7. The monoisotopic (exact) mass is 299 g/mol. The van der Waals surface area contributed by atoms with Crippen LogP contribution in [0.2, 0.25) is 0 Å². The van der Waals surface area contributed by atoms with Crippen molar-refractivity contribution in [2.45, 2.75) is 40.7 Å². The molecule has 0 saturated heterocycles. The maximum Gasteiger partial charge on any atom is 0.246 e. The normalized spacial score (nSPS) is 10.8. The molecule has 6 nitrogen and oxygen atoms in total. The van der Waals surface area contributed by atoms with E-state index < -0.39 is 0 Å². The minimum Gasteiger partial charge on any atom is -0.350 e. The molecule has 0 aliphatic rings. The van der Waals surface area contributed by atoms with Crippen LogP contribution in [0.4, 0.5) is 5.82 Å². The summed E-state index contributed by atoms with van der Waals surface area (Å²) in [5.74, 6) is 2.59. The van der Waals surface area contributed by atoms with Gasteiger partial charge in [-0.3, -0.25) is 0 Å². The van der Waals surface area contributed by atoms with Crippen molar-refractivity contribution in [1.82, 2.24) is 15.1 Å². The minimum atomic E-state index is 0.489. The Kier molecular flexibility index (Phi) is 4.76. The van der Waals surface area contributed by atoms with Crippen molar-refractivity contribution >= 4 is 5.82 Å². The highest BCUT2D eigenvalue weighted by Crippen LogP contribution is 2.19. The van der Waals surface area contributed by atoms with Gasteiger partial charge in [-0.1, -0.05) is 19.0 Å². The molecule has 116 valence electrons. The highest BCUT2D eigenvalue weighted by atomic mass is 16.5. The number of hydrogen-bond acceptors (Lipinski definition) is 6. The van der Waals surface area contributed by atoms with Crippen molar-refractivity contribution < 1.29 is 4.52 Å². The lowest BCUT2D eigenvalue weighted by atomic mass is 10.1. The van der Waals surface area contributed by atoms with E-state index in [9.17, 15) is 0 Å². The molecule has 0 saturated carbocycles. The van der Waals surface area contributed by atoms with E-state index in [-0.39, 0.29) is 0 Å². The molecule has 2 heterocycles. The smallest absolute Gasteiger partial charge is 0.246 e. The van der Waals surface area contributed by atoms with E-state index in [1.165, 1.54) is 0 Å². The van der Waals surface area contributed by atoms with Crippen molar-refractivity contribution in [3.8, 4) is 6.07 Å². The van der Waals surface area contributed by atoms with Crippen molar-refractivity contribution in [3.63, 3.8) is 0 Å². The van der Waals surface area contributed by atoms with Gasteiger partial charge in [0.1, 0.15) is 11.9 Å². The molecule has 0 aromatic carbocycles. The molecule has 0 bridgehead atoms. The van der Waals surface area contributed by atoms with E-state index >= 15 is 0 Å². The van der Waals surface area contributed by atoms with Gasteiger partial charge >= 0.3 is 0 Å². The molecule has 2 rings (SSSR count). The molecule has 0 spiro atoms. The van der Waals surface area contributed by atoms with Crippen LogP contribution >= 0.6 is 0 Å². The molecular formula is C16H21N5O. The summed E-state index contributed by atoms with van der Waals surface area (Å²) in [6.45, 7) is 8.49. The predicted molar refractivity (Wildman–Crippen MR) is 83.4 cm³/mol. The Bertz CT molecular complexity index is 676. The maximum atomic E-state index is 9.10. The number of nitriles is 1. The van der Waals surface area contributed by atoms with Crippen LogP contribution in [0.25, 0.3) is 0 Å². The van der Waals surface area contributed by atoms with Crippen molar-refractivity contribution in [2.24, 2.45) is 5.92 Å². The summed E-state index contributed by atoms with van der Waals surface area (Å²) in [6.07, 6.45) is 0.806. The molecule has 0 radical (unpaired) electrons. The van der Waals surface area contributed by atoms with Crippen LogP contribution in [-0.4, -0.2) is 22.2 Å². The molecule has 0 fully saturated rings. The summed E-state index contributed by atoms with van der Waals surface area (Å²) in [5, 5.41) is 13.1. The topological polar surface area (TPSA) is 78.8 Å². The van der Waals surface area contributed by atoms with Crippen LogP contribution in [0, 0.1) is 31.1 Å². The molecule has 0 N–H and O–H groups in total. The molecule has 0 aliphatic heterocycles. The Morgan fingerprint density at radius 3 is 2.64 bits per heavy atom. The third-order valence-corrected chi connectivity index (χ3v) is 3.36. The average Bonchev–Trinajstić information content (AvgIpc) is 2.84. The Balaban J connectivity index is 2.14. The Morgan fingerprint density at radius 2 is 2.05 bits per heavy atom. The molecule has 0 unspecified atom stereocenters. The summed E-state index contributed by atoms with van der Waals surface area (Å²) in [5.41, 5.74) is 2.28. The lowest BCUT2D eigenvalue weighted by Crippen LogP contribution is -2.19. The van der Waals surface area contributed by atoms with E-state index in [4.69, 9.17) is 9.78 Å². The zero-order valence-electron chi connectivity index (χ0n) is 13.7. The first-order chi connectivity index (χ1) is 10.4. The van der Waals surface area contributed by atoms with Gasteiger partial charge in [-0.2, -0.15) is 10.2 Å². The zero-order chi connectivity index (χ0) is 16.3. The lowest BCUT2D eigenvalue weighted by Gasteiger charge is -2.17. The van der Waals surface area contributed by atoms with E-state index in [1.54, 1.807) is 0 Å². The number of pyridine rings is 1. The second kappa shape index (κ2) is 6.56. The molecule has 0 amide bonds. The quantitative estimate of drug-likeness (QED) is 0.844. The highest BCUT2D eigenvalue weighted by molar-refractivity contribution is 5.49. The summed E-state index contributed by atoms with van der Waals surface area (Å²) in [7, 11) is 1.92. The number of aromatic nitrogens is 3. The molecule has 22 heavy (non-hydrogen) atoms. The van der Waals surface area contributed by atoms with Gasteiger partial charge in [0.05, 0.1) is 17.8 Å². The summed E-state index contributed by atoms with van der Waals surface area (Å²) in [4.78, 5) is 10.8. The van der Waals surface area contributed by atoms with Crippen LogP contribution < -0.4 is 4.90 Å². The summed E-state index contributed by atoms with van der Waals surface area (Å²) >= 11 is 0. The van der Waals surface area contributed by atoms with Gasteiger partial charge in [-0.25, -0.2) is 4.98 Å². The Labute approximate surface area is 130 Å². The molecule has 0 aliphatic carbocycles. The van der Waals surface area contributed by atoms with Gasteiger partial charge in [-0.15, -0.1) is 0 Å². The number of nitrogens with zero attached hydrogens (tertiary/aromatic N) is 5. The average molecular weight is 299 g/mol. The second-order valence-electron chi connectivity index (χ2n) is 5.93. The van der Waals surface area contributed by atoms with E-state index in [0.29, 0.717) is 23.9 Å². The number of aryl methyl sites for hydroxylation is 2. The van der Waals surface area contributed by atoms with E-state index in [2.05, 4.69) is 35.0 Å².